The van der Waals surface area contributed by atoms with Crippen LogP contribution in [0.4, 0.5) is 5.82 Å². The molecule has 2 aromatic carbocycles. The van der Waals surface area contributed by atoms with Gasteiger partial charge < -0.3 is 14.5 Å². The van der Waals surface area contributed by atoms with Gasteiger partial charge in [-0.1, -0.05) is 36.4 Å². The molecule has 0 N–H and O–H groups in total. The highest BCUT2D eigenvalue weighted by Gasteiger charge is 2.27. The molecule has 0 saturated heterocycles. The molecule has 0 unspecified atom stereocenters. The van der Waals surface area contributed by atoms with Gasteiger partial charge in [0.25, 0.3) is 0 Å². The van der Waals surface area contributed by atoms with Crippen LogP contribution in [-0.4, -0.2) is 53.8 Å². The first-order chi connectivity index (χ1) is 17.0. The average Bonchev–Trinajstić information content (AvgIpc) is 3.44. The predicted molar refractivity (Wildman–Crippen MR) is 157 cm³/mol. The first-order valence-corrected chi connectivity index (χ1v) is 12.5. The van der Waals surface area contributed by atoms with Crippen molar-refractivity contribution in [3.05, 3.63) is 76.6 Å². The number of hydrogen-bond acceptors (Lipinski definition) is 5. The minimum atomic E-state index is 0. The van der Waals surface area contributed by atoms with E-state index in [0.29, 0.717) is 0 Å². The Bertz CT molecular complexity index is 1350. The molecule has 0 aliphatic heterocycles. The zero-order valence-electron chi connectivity index (χ0n) is 22.3. The van der Waals surface area contributed by atoms with Gasteiger partial charge in [0.1, 0.15) is 11.6 Å². The van der Waals surface area contributed by atoms with E-state index in [1.807, 2.05) is 6.07 Å². The number of methoxy groups -OCH3 is 1. The zero-order chi connectivity index (χ0) is 24.5. The van der Waals surface area contributed by atoms with E-state index in [1.165, 1.54) is 28.2 Å². The molecule has 0 bridgehead atoms. The summed E-state index contributed by atoms with van der Waals surface area (Å²) in [5.74, 6) is 2.07. The topological polar surface area (TPSA) is 45.9 Å². The van der Waals surface area contributed by atoms with Crippen LogP contribution < -0.4 is 9.64 Å². The second-order valence-corrected chi connectivity index (χ2v) is 9.80. The van der Waals surface area contributed by atoms with Crippen LogP contribution in [0.15, 0.2) is 48.5 Å². The smallest absolute Gasteiger partial charge is 0.165 e. The molecule has 0 atom stereocenters. The van der Waals surface area contributed by atoms with Crippen LogP contribution in [0.5, 0.6) is 5.75 Å². The van der Waals surface area contributed by atoms with Gasteiger partial charge >= 0.3 is 0 Å². The van der Waals surface area contributed by atoms with Gasteiger partial charge in [-0.3, -0.25) is 0 Å². The fourth-order valence-electron chi connectivity index (χ4n) is 5.18. The van der Waals surface area contributed by atoms with Crippen molar-refractivity contribution in [3.8, 4) is 16.9 Å². The summed E-state index contributed by atoms with van der Waals surface area (Å²) in [4.78, 5) is 9.97. The Balaban J connectivity index is 0.00000190. The quantitative estimate of drug-likeness (QED) is 0.277. The van der Waals surface area contributed by atoms with Gasteiger partial charge in [-0.15, -0.1) is 24.8 Å². The molecular formula is C29H37Cl2N5O. The fraction of sp³-hybridized carbons (Fsp3) is 0.379. The number of benzene rings is 2. The minimum Gasteiger partial charge on any atom is -0.497 e. The van der Waals surface area contributed by atoms with Gasteiger partial charge in [0.05, 0.1) is 12.8 Å². The van der Waals surface area contributed by atoms with E-state index >= 15 is 0 Å². The molecule has 0 fully saturated rings. The number of halogens is 2. The second kappa shape index (κ2) is 12.2. The summed E-state index contributed by atoms with van der Waals surface area (Å²) in [6.45, 7) is 6.97. The largest absolute Gasteiger partial charge is 0.497 e. The van der Waals surface area contributed by atoms with Crippen molar-refractivity contribution in [2.75, 3.05) is 39.2 Å². The summed E-state index contributed by atoms with van der Waals surface area (Å²) in [5.41, 5.74) is 9.29. The molecule has 6 nitrogen and oxygen atoms in total. The molecular weight excluding hydrogens is 505 g/mol. The van der Waals surface area contributed by atoms with Crippen LogP contribution >= 0.6 is 24.8 Å². The first-order valence-electron chi connectivity index (χ1n) is 12.5. The van der Waals surface area contributed by atoms with E-state index in [-0.39, 0.29) is 24.8 Å². The summed E-state index contributed by atoms with van der Waals surface area (Å²) in [5, 5.41) is 5.11. The normalized spacial score (nSPS) is 12.3. The number of fused-ring (bicyclic) bond motifs is 2. The minimum absolute atomic E-state index is 0. The molecule has 2 heterocycles. The van der Waals surface area contributed by atoms with E-state index in [1.54, 1.807) is 7.11 Å². The Morgan fingerprint density at radius 2 is 1.73 bits per heavy atom. The summed E-state index contributed by atoms with van der Waals surface area (Å²) in [7, 11) is 5.98. The molecule has 2 aromatic heterocycles. The van der Waals surface area contributed by atoms with Crippen molar-refractivity contribution in [2.45, 2.75) is 39.7 Å². The number of likely N-dealkylation sites (N-methyl/N-ethyl adjacent to an activating group) is 1. The summed E-state index contributed by atoms with van der Waals surface area (Å²) >= 11 is 0. The Kier molecular flexibility index (Phi) is 9.46. The Morgan fingerprint density at radius 3 is 2.41 bits per heavy atom. The van der Waals surface area contributed by atoms with Crippen molar-refractivity contribution >= 4 is 36.3 Å². The van der Waals surface area contributed by atoms with Crippen molar-refractivity contribution in [2.24, 2.45) is 0 Å². The van der Waals surface area contributed by atoms with Gasteiger partial charge in [-0.25, -0.2) is 4.98 Å². The third-order valence-corrected chi connectivity index (χ3v) is 6.97. The lowest BCUT2D eigenvalue weighted by Gasteiger charge is -2.29. The Morgan fingerprint density at radius 1 is 0.973 bits per heavy atom. The van der Waals surface area contributed by atoms with Crippen LogP contribution in [0, 0.1) is 13.8 Å². The van der Waals surface area contributed by atoms with Crippen molar-refractivity contribution in [3.63, 3.8) is 0 Å². The predicted octanol–water partition coefficient (Wildman–Crippen LogP) is 5.92. The fourth-order valence-corrected chi connectivity index (χ4v) is 5.18. The van der Waals surface area contributed by atoms with Crippen LogP contribution in [0.25, 0.3) is 16.8 Å². The van der Waals surface area contributed by atoms with Gasteiger partial charge in [0.15, 0.2) is 5.65 Å². The van der Waals surface area contributed by atoms with E-state index in [9.17, 15) is 0 Å². The molecule has 5 rings (SSSR count). The molecule has 1 aliphatic rings. The lowest BCUT2D eigenvalue weighted by atomic mass is 10.0. The highest BCUT2D eigenvalue weighted by atomic mass is 35.5. The number of aryl methyl sites for hydroxylation is 3. The maximum Gasteiger partial charge on any atom is 0.165 e. The van der Waals surface area contributed by atoms with Crippen molar-refractivity contribution in [1.29, 1.82) is 0 Å². The van der Waals surface area contributed by atoms with E-state index in [2.05, 4.69) is 84.7 Å². The first kappa shape index (κ1) is 28.8. The van der Waals surface area contributed by atoms with E-state index in [4.69, 9.17) is 14.8 Å². The molecule has 0 amide bonds. The molecule has 0 saturated carbocycles. The summed E-state index contributed by atoms with van der Waals surface area (Å²) < 4.78 is 7.57. The average molecular weight is 543 g/mol. The lowest BCUT2D eigenvalue weighted by molar-refractivity contribution is 0.411. The van der Waals surface area contributed by atoms with Crippen molar-refractivity contribution in [1.82, 2.24) is 19.5 Å². The molecule has 37 heavy (non-hydrogen) atoms. The highest BCUT2D eigenvalue weighted by molar-refractivity contribution is 5.86. The van der Waals surface area contributed by atoms with Crippen LogP contribution in [0.3, 0.4) is 0 Å². The van der Waals surface area contributed by atoms with E-state index in [0.717, 1.165) is 67.1 Å². The Labute approximate surface area is 232 Å². The number of aromatic nitrogens is 3. The van der Waals surface area contributed by atoms with Gasteiger partial charge in [0.2, 0.25) is 0 Å². The third kappa shape index (κ3) is 5.71. The molecule has 0 spiro atoms. The van der Waals surface area contributed by atoms with E-state index < -0.39 is 0 Å². The molecule has 8 heteroatoms. The molecule has 198 valence electrons. The molecule has 0 radical (unpaired) electrons. The highest BCUT2D eigenvalue weighted by Crippen LogP contribution is 2.38. The summed E-state index contributed by atoms with van der Waals surface area (Å²) in [6, 6.07) is 17.0. The number of anilines is 1. The standard InChI is InChI=1S/C29H35N5O.2ClH/c1-20-18-23(35-5)14-15-24(20)27-21(2)31-34-28(27)30-26-13-9-12-25(26)29(34)33(17-16-32(3)4)19-22-10-7-6-8-11-22;;/h6-8,10-11,14-15,18H,9,12-13,16-17,19H2,1-5H3;2*1H. The van der Waals surface area contributed by atoms with Gasteiger partial charge in [-0.05, 0) is 76.0 Å². The maximum atomic E-state index is 5.45. The number of rotatable bonds is 8. The molecule has 4 aromatic rings. The van der Waals surface area contributed by atoms with Crippen LogP contribution in [0.1, 0.15) is 34.5 Å². The van der Waals surface area contributed by atoms with Gasteiger partial charge in [-0.2, -0.15) is 9.61 Å². The number of nitrogens with zero attached hydrogens (tertiary/aromatic N) is 5. The maximum absolute atomic E-state index is 5.45. The number of hydrogen-bond donors (Lipinski definition) is 0. The Hall–Kier alpha value is -2.80. The monoisotopic (exact) mass is 541 g/mol. The third-order valence-electron chi connectivity index (χ3n) is 6.97. The molecule has 1 aliphatic carbocycles. The second-order valence-electron chi connectivity index (χ2n) is 9.80. The van der Waals surface area contributed by atoms with Crippen molar-refractivity contribution < 1.29 is 4.74 Å². The number of ether oxygens (including phenoxy) is 1. The summed E-state index contributed by atoms with van der Waals surface area (Å²) in [6.07, 6.45) is 3.22. The van der Waals surface area contributed by atoms with Gasteiger partial charge in [0, 0.05) is 36.5 Å². The van der Waals surface area contributed by atoms with Crippen LogP contribution in [-0.2, 0) is 19.4 Å². The van der Waals surface area contributed by atoms with Crippen LogP contribution in [0.2, 0.25) is 0 Å². The lowest BCUT2D eigenvalue weighted by Crippen LogP contribution is -2.33. The SMILES string of the molecule is COc1ccc(-c2c(C)nn3c(N(CCN(C)C)Cc4ccccc4)c4c(nc23)CCC4)c(C)c1.Cl.Cl. The zero-order valence-corrected chi connectivity index (χ0v) is 24.0.